The highest BCUT2D eigenvalue weighted by Crippen LogP contribution is 2.35. The lowest BCUT2D eigenvalue weighted by Gasteiger charge is -2.26. The van der Waals surface area contributed by atoms with Gasteiger partial charge >= 0.3 is 5.97 Å². The lowest BCUT2D eigenvalue weighted by atomic mass is 9.95. The van der Waals surface area contributed by atoms with Gasteiger partial charge in [-0.05, 0) is 19.9 Å². The zero-order valence-electron chi connectivity index (χ0n) is 9.86. The number of fused-ring (bicyclic) bond motifs is 1. The number of allylic oxidation sites excluding steroid dienone is 1. The van der Waals surface area contributed by atoms with E-state index >= 15 is 0 Å². The monoisotopic (exact) mass is 233 g/mol. The number of hydrogen-bond acceptors (Lipinski definition) is 4. The molecule has 0 saturated heterocycles. The van der Waals surface area contributed by atoms with Crippen LogP contribution in [-0.2, 0) is 9.53 Å². The predicted molar refractivity (Wildman–Crippen MR) is 64.4 cm³/mol. The standard InChI is InChI=1S/C13H15NO3/c1-3-17-13(16)11-8(2)14-10-7-5-4-6-9(10)12(11)15/h4-7,12,14-15H,3H2,1-2H3. The molecular weight excluding hydrogens is 218 g/mol. The quantitative estimate of drug-likeness (QED) is 0.767. The number of benzene rings is 1. The van der Waals surface area contributed by atoms with Gasteiger partial charge in [0.2, 0.25) is 0 Å². The maximum absolute atomic E-state index is 11.7. The number of aliphatic hydroxyl groups excluding tert-OH is 1. The highest BCUT2D eigenvalue weighted by atomic mass is 16.5. The summed E-state index contributed by atoms with van der Waals surface area (Å²) >= 11 is 0. The van der Waals surface area contributed by atoms with Gasteiger partial charge in [-0.25, -0.2) is 4.79 Å². The molecule has 0 aromatic heterocycles. The van der Waals surface area contributed by atoms with Crippen molar-refractivity contribution < 1.29 is 14.6 Å². The van der Waals surface area contributed by atoms with E-state index in [2.05, 4.69) is 5.32 Å². The minimum absolute atomic E-state index is 0.283. The summed E-state index contributed by atoms with van der Waals surface area (Å²) in [6.07, 6.45) is -0.925. The van der Waals surface area contributed by atoms with Crippen LogP contribution in [0.3, 0.4) is 0 Å². The van der Waals surface area contributed by atoms with Crippen LogP contribution in [0.4, 0.5) is 5.69 Å². The van der Waals surface area contributed by atoms with E-state index in [0.717, 1.165) is 5.69 Å². The van der Waals surface area contributed by atoms with E-state index in [4.69, 9.17) is 4.74 Å². The summed E-state index contributed by atoms with van der Waals surface area (Å²) in [7, 11) is 0. The smallest absolute Gasteiger partial charge is 0.338 e. The maximum atomic E-state index is 11.7. The topological polar surface area (TPSA) is 58.6 Å². The molecule has 1 atom stereocenters. The second-order valence-corrected chi connectivity index (χ2v) is 3.87. The molecule has 2 N–H and O–H groups in total. The van der Waals surface area contributed by atoms with Gasteiger partial charge in [0.05, 0.1) is 12.2 Å². The molecule has 0 bridgehead atoms. The van der Waals surface area contributed by atoms with Crippen molar-refractivity contribution in [1.82, 2.24) is 0 Å². The van der Waals surface area contributed by atoms with E-state index in [-0.39, 0.29) is 5.57 Å². The first-order chi connectivity index (χ1) is 8.15. The number of carbonyl (C=O) groups is 1. The Morgan fingerprint density at radius 1 is 1.47 bits per heavy atom. The van der Waals surface area contributed by atoms with Crippen LogP contribution in [0.1, 0.15) is 25.5 Å². The molecule has 0 fully saturated rings. The number of aliphatic hydroxyl groups is 1. The van der Waals surface area contributed by atoms with E-state index in [9.17, 15) is 9.90 Å². The van der Waals surface area contributed by atoms with Gasteiger partial charge in [0.25, 0.3) is 0 Å². The third-order valence-electron chi connectivity index (χ3n) is 2.75. The first-order valence-corrected chi connectivity index (χ1v) is 5.57. The van der Waals surface area contributed by atoms with Crippen molar-refractivity contribution in [2.24, 2.45) is 0 Å². The fraction of sp³-hybridized carbons (Fsp3) is 0.308. The molecule has 1 unspecified atom stereocenters. The fourth-order valence-electron chi connectivity index (χ4n) is 1.95. The molecule has 1 aliphatic heterocycles. The van der Waals surface area contributed by atoms with Gasteiger partial charge in [0, 0.05) is 16.9 Å². The van der Waals surface area contributed by atoms with Gasteiger partial charge in [-0.3, -0.25) is 0 Å². The minimum atomic E-state index is -0.925. The summed E-state index contributed by atoms with van der Waals surface area (Å²) in [6, 6.07) is 7.36. The summed E-state index contributed by atoms with van der Waals surface area (Å²) in [5.41, 5.74) is 2.44. The minimum Gasteiger partial charge on any atom is -0.462 e. The van der Waals surface area contributed by atoms with Crippen LogP contribution in [0.15, 0.2) is 35.5 Å². The fourth-order valence-corrected chi connectivity index (χ4v) is 1.95. The van der Waals surface area contributed by atoms with Crippen molar-refractivity contribution in [2.45, 2.75) is 20.0 Å². The van der Waals surface area contributed by atoms with E-state index in [1.807, 2.05) is 18.2 Å². The van der Waals surface area contributed by atoms with Crippen LogP contribution in [-0.4, -0.2) is 17.7 Å². The average Bonchev–Trinajstić information content (AvgIpc) is 2.29. The van der Waals surface area contributed by atoms with Crippen LogP contribution in [0, 0.1) is 0 Å². The number of rotatable bonds is 2. The van der Waals surface area contributed by atoms with Gasteiger partial charge in [-0.1, -0.05) is 18.2 Å². The van der Waals surface area contributed by atoms with E-state index in [1.54, 1.807) is 19.9 Å². The van der Waals surface area contributed by atoms with Crippen molar-refractivity contribution in [3.63, 3.8) is 0 Å². The normalized spacial score (nSPS) is 18.4. The molecule has 0 radical (unpaired) electrons. The predicted octanol–water partition coefficient (Wildman–Crippen LogP) is 1.98. The number of para-hydroxylation sites is 1. The first kappa shape index (κ1) is 11.7. The van der Waals surface area contributed by atoms with Gasteiger partial charge in [0.15, 0.2) is 0 Å². The number of esters is 1. The van der Waals surface area contributed by atoms with E-state index < -0.39 is 12.1 Å². The van der Waals surface area contributed by atoms with Crippen LogP contribution in [0.5, 0.6) is 0 Å². The Morgan fingerprint density at radius 3 is 2.88 bits per heavy atom. The number of nitrogens with one attached hydrogen (secondary N) is 1. The molecule has 1 aliphatic rings. The highest BCUT2D eigenvalue weighted by molar-refractivity contribution is 5.93. The van der Waals surface area contributed by atoms with Gasteiger partial charge in [-0.2, -0.15) is 0 Å². The van der Waals surface area contributed by atoms with Crippen molar-refractivity contribution in [1.29, 1.82) is 0 Å². The van der Waals surface area contributed by atoms with Crippen LogP contribution >= 0.6 is 0 Å². The van der Waals surface area contributed by atoms with E-state index in [1.165, 1.54) is 0 Å². The van der Waals surface area contributed by atoms with Gasteiger partial charge in [-0.15, -0.1) is 0 Å². The number of carbonyl (C=O) groups excluding carboxylic acids is 1. The summed E-state index contributed by atoms with van der Waals surface area (Å²) in [5.74, 6) is -0.473. The Balaban J connectivity index is 2.39. The first-order valence-electron chi connectivity index (χ1n) is 5.57. The van der Waals surface area contributed by atoms with Gasteiger partial charge < -0.3 is 15.2 Å². The molecule has 4 nitrogen and oxygen atoms in total. The maximum Gasteiger partial charge on any atom is 0.338 e. The average molecular weight is 233 g/mol. The molecule has 0 aliphatic carbocycles. The molecule has 0 saturated carbocycles. The number of ether oxygens (including phenoxy) is 1. The van der Waals surface area contributed by atoms with E-state index in [0.29, 0.717) is 17.9 Å². The van der Waals surface area contributed by atoms with Crippen LogP contribution in [0.25, 0.3) is 0 Å². The lowest BCUT2D eigenvalue weighted by molar-refractivity contribution is -0.139. The zero-order chi connectivity index (χ0) is 12.4. The Hall–Kier alpha value is -1.81. The molecule has 90 valence electrons. The summed E-state index contributed by atoms with van der Waals surface area (Å²) in [6.45, 7) is 3.79. The highest BCUT2D eigenvalue weighted by Gasteiger charge is 2.29. The van der Waals surface area contributed by atoms with Crippen molar-refractivity contribution in [3.05, 3.63) is 41.1 Å². The molecule has 17 heavy (non-hydrogen) atoms. The zero-order valence-corrected chi connectivity index (χ0v) is 9.86. The molecule has 4 heteroatoms. The van der Waals surface area contributed by atoms with Crippen LogP contribution in [0.2, 0.25) is 0 Å². The lowest BCUT2D eigenvalue weighted by Crippen LogP contribution is -2.23. The van der Waals surface area contributed by atoms with Crippen molar-refractivity contribution >= 4 is 11.7 Å². The molecule has 2 rings (SSSR count). The third kappa shape index (κ3) is 2.03. The molecule has 1 aromatic carbocycles. The molecule has 1 heterocycles. The van der Waals surface area contributed by atoms with Crippen molar-refractivity contribution in [2.75, 3.05) is 11.9 Å². The molecular formula is C13H15NO3. The summed E-state index contributed by atoms with van der Waals surface area (Å²) in [4.78, 5) is 11.7. The third-order valence-corrected chi connectivity index (χ3v) is 2.75. The summed E-state index contributed by atoms with van der Waals surface area (Å²) < 4.78 is 4.94. The SMILES string of the molecule is CCOC(=O)C1=C(C)Nc2ccccc2C1O. The molecule has 0 spiro atoms. The largest absolute Gasteiger partial charge is 0.462 e. The number of hydrogen-bond donors (Lipinski definition) is 2. The summed E-state index contributed by atoms with van der Waals surface area (Å²) in [5, 5.41) is 13.3. The Bertz CT molecular complexity index is 479. The molecule has 0 amide bonds. The second-order valence-electron chi connectivity index (χ2n) is 3.87. The second kappa shape index (κ2) is 4.59. The number of anilines is 1. The van der Waals surface area contributed by atoms with Gasteiger partial charge in [0.1, 0.15) is 6.10 Å². The Labute approximate surface area is 99.9 Å². The van der Waals surface area contributed by atoms with Crippen molar-refractivity contribution in [3.8, 4) is 0 Å². The Morgan fingerprint density at radius 2 is 2.18 bits per heavy atom. The molecule has 1 aromatic rings. The van der Waals surface area contributed by atoms with Crippen LogP contribution < -0.4 is 5.32 Å². The Kier molecular flexibility index (Phi) is 3.15.